The van der Waals surface area contributed by atoms with Crippen LogP contribution < -0.4 is 5.32 Å². The minimum absolute atomic E-state index is 0.359. The minimum atomic E-state index is 0.359. The summed E-state index contributed by atoms with van der Waals surface area (Å²) < 4.78 is 0. The van der Waals surface area contributed by atoms with Crippen molar-refractivity contribution < 1.29 is 0 Å². The lowest BCUT2D eigenvalue weighted by Gasteiger charge is -2.61. The standard InChI is InChI=1S/C17H24N2/c1-2-15-14-8-12-7-13(9-14)11-17(15,10-12)19-16-5-3-4-6-18-16/h3-6,12-15H,2,7-11H2,1H3,(H,18,19). The van der Waals surface area contributed by atoms with Gasteiger partial charge in [0.25, 0.3) is 0 Å². The SMILES string of the molecule is CCC1C2CC3CC(C2)CC1(Nc1ccccn1)C3. The highest BCUT2D eigenvalue weighted by Crippen LogP contribution is 2.60. The zero-order chi connectivity index (χ0) is 12.9. The molecule has 1 aromatic heterocycles. The smallest absolute Gasteiger partial charge is 0.126 e. The Hall–Kier alpha value is -1.05. The van der Waals surface area contributed by atoms with Crippen LogP contribution in [-0.2, 0) is 0 Å². The van der Waals surface area contributed by atoms with Crippen LogP contribution in [0.25, 0.3) is 0 Å². The summed E-state index contributed by atoms with van der Waals surface area (Å²) >= 11 is 0. The third kappa shape index (κ3) is 1.79. The molecule has 1 heterocycles. The van der Waals surface area contributed by atoms with Gasteiger partial charge < -0.3 is 5.32 Å². The summed E-state index contributed by atoms with van der Waals surface area (Å²) in [6.45, 7) is 2.38. The fraction of sp³-hybridized carbons (Fsp3) is 0.706. The molecular formula is C17H24N2. The number of pyridine rings is 1. The van der Waals surface area contributed by atoms with E-state index in [2.05, 4.69) is 29.4 Å². The first-order chi connectivity index (χ1) is 9.29. The molecule has 0 radical (unpaired) electrons. The van der Waals surface area contributed by atoms with Crippen molar-refractivity contribution in [3.05, 3.63) is 24.4 Å². The summed E-state index contributed by atoms with van der Waals surface area (Å²) in [5, 5.41) is 3.88. The van der Waals surface area contributed by atoms with Crippen LogP contribution in [0.2, 0.25) is 0 Å². The minimum Gasteiger partial charge on any atom is -0.364 e. The highest BCUT2D eigenvalue weighted by Gasteiger charge is 2.56. The van der Waals surface area contributed by atoms with E-state index in [0.717, 1.165) is 29.5 Å². The summed E-state index contributed by atoms with van der Waals surface area (Å²) in [4.78, 5) is 4.51. The van der Waals surface area contributed by atoms with Gasteiger partial charge in [-0.25, -0.2) is 4.98 Å². The molecule has 4 saturated carbocycles. The molecule has 0 amide bonds. The Labute approximate surface area is 116 Å². The van der Waals surface area contributed by atoms with Crippen molar-refractivity contribution in [2.75, 3.05) is 5.32 Å². The van der Waals surface area contributed by atoms with Gasteiger partial charge in [0, 0.05) is 11.7 Å². The van der Waals surface area contributed by atoms with Gasteiger partial charge in [0.2, 0.25) is 0 Å². The third-order valence-corrected chi connectivity index (χ3v) is 6.01. The molecule has 0 spiro atoms. The number of hydrogen-bond donors (Lipinski definition) is 1. The second kappa shape index (κ2) is 4.22. The van der Waals surface area contributed by atoms with Crippen LogP contribution in [0.3, 0.4) is 0 Å². The summed E-state index contributed by atoms with van der Waals surface area (Å²) in [6, 6.07) is 6.23. The molecule has 1 N–H and O–H groups in total. The van der Waals surface area contributed by atoms with Gasteiger partial charge in [0.15, 0.2) is 0 Å². The summed E-state index contributed by atoms with van der Waals surface area (Å²) in [5.41, 5.74) is 0.359. The molecule has 5 rings (SSSR count). The van der Waals surface area contributed by atoms with Crippen LogP contribution in [0.4, 0.5) is 5.82 Å². The number of anilines is 1. The van der Waals surface area contributed by atoms with E-state index in [9.17, 15) is 0 Å². The van der Waals surface area contributed by atoms with E-state index in [4.69, 9.17) is 0 Å². The average Bonchev–Trinajstić information content (AvgIpc) is 2.38. The van der Waals surface area contributed by atoms with Crippen molar-refractivity contribution in [1.82, 2.24) is 4.98 Å². The highest BCUT2D eigenvalue weighted by atomic mass is 15.1. The maximum Gasteiger partial charge on any atom is 0.126 e. The van der Waals surface area contributed by atoms with E-state index < -0.39 is 0 Å². The second-order valence-corrected chi connectivity index (χ2v) is 7.12. The number of aromatic nitrogens is 1. The largest absolute Gasteiger partial charge is 0.364 e. The van der Waals surface area contributed by atoms with Gasteiger partial charge in [0.05, 0.1) is 0 Å². The van der Waals surface area contributed by atoms with E-state index in [-0.39, 0.29) is 0 Å². The van der Waals surface area contributed by atoms with Gasteiger partial charge in [-0.2, -0.15) is 0 Å². The van der Waals surface area contributed by atoms with E-state index in [1.807, 2.05) is 12.3 Å². The van der Waals surface area contributed by atoms with Crippen molar-refractivity contribution in [1.29, 1.82) is 0 Å². The maximum atomic E-state index is 4.51. The van der Waals surface area contributed by atoms with Gasteiger partial charge in [0.1, 0.15) is 5.82 Å². The third-order valence-electron chi connectivity index (χ3n) is 6.01. The number of nitrogens with one attached hydrogen (secondary N) is 1. The summed E-state index contributed by atoms with van der Waals surface area (Å²) in [7, 11) is 0. The normalized spacial score (nSPS) is 43.4. The van der Waals surface area contributed by atoms with Crippen molar-refractivity contribution in [2.24, 2.45) is 23.7 Å². The number of hydrogen-bond acceptors (Lipinski definition) is 2. The quantitative estimate of drug-likeness (QED) is 0.880. The molecule has 2 heteroatoms. The molecule has 102 valence electrons. The summed E-state index contributed by atoms with van der Waals surface area (Å²) in [6.07, 6.45) is 10.5. The van der Waals surface area contributed by atoms with Crippen molar-refractivity contribution in [2.45, 2.75) is 51.0 Å². The van der Waals surface area contributed by atoms with Crippen LogP contribution in [0.15, 0.2) is 24.4 Å². The van der Waals surface area contributed by atoms with Crippen molar-refractivity contribution in [3.8, 4) is 0 Å². The Morgan fingerprint density at radius 2 is 2.00 bits per heavy atom. The van der Waals surface area contributed by atoms with Crippen molar-refractivity contribution >= 4 is 5.82 Å². The molecule has 4 aliphatic carbocycles. The summed E-state index contributed by atoms with van der Waals surface area (Å²) in [5.74, 6) is 4.89. The first kappa shape index (κ1) is 11.7. The first-order valence-electron chi connectivity index (χ1n) is 7.98. The average molecular weight is 256 g/mol. The molecule has 0 aliphatic heterocycles. The monoisotopic (exact) mass is 256 g/mol. The topological polar surface area (TPSA) is 24.9 Å². The van der Waals surface area contributed by atoms with E-state index >= 15 is 0 Å². The van der Waals surface area contributed by atoms with Crippen LogP contribution in [0.1, 0.15) is 45.4 Å². The molecule has 4 aliphatic rings. The zero-order valence-electron chi connectivity index (χ0n) is 11.8. The lowest BCUT2D eigenvalue weighted by atomic mass is 9.48. The van der Waals surface area contributed by atoms with Gasteiger partial charge in [-0.3, -0.25) is 0 Å². The van der Waals surface area contributed by atoms with Gasteiger partial charge in [-0.1, -0.05) is 19.4 Å². The van der Waals surface area contributed by atoms with E-state index in [1.54, 1.807) is 0 Å². The number of nitrogens with zero attached hydrogens (tertiary/aromatic N) is 1. The zero-order valence-corrected chi connectivity index (χ0v) is 11.8. The fourth-order valence-corrected chi connectivity index (χ4v) is 5.76. The molecule has 19 heavy (non-hydrogen) atoms. The maximum absolute atomic E-state index is 4.51. The molecule has 0 aromatic carbocycles. The molecule has 3 unspecified atom stereocenters. The number of rotatable bonds is 3. The van der Waals surface area contributed by atoms with E-state index in [0.29, 0.717) is 5.54 Å². The van der Waals surface area contributed by atoms with Crippen LogP contribution in [0, 0.1) is 23.7 Å². The lowest BCUT2D eigenvalue weighted by Crippen LogP contribution is -2.61. The lowest BCUT2D eigenvalue weighted by molar-refractivity contribution is -0.0462. The predicted molar refractivity (Wildman–Crippen MR) is 77.9 cm³/mol. The fourth-order valence-electron chi connectivity index (χ4n) is 5.76. The molecule has 3 atom stereocenters. The van der Waals surface area contributed by atoms with Crippen LogP contribution in [0.5, 0.6) is 0 Å². The highest BCUT2D eigenvalue weighted by molar-refractivity contribution is 5.39. The Bertz CT molecular complexity index is 442. The van der Waals surface area contributed by atoms with Crippen molar-refractivity contribution in [3.63, 3.8) is 0 Å². The molecule has 1 aromatic rings. The Balaban J connectivity index is 1.67. The molecule has 0 saturated heterocycles. The van der Waals surface area contributed by atoms with Gasteiger partial charge >= 0.3 is 0 Å². The first-order valence-corrected chi connectivity index (χ1v) is 7.98. The second-order valence-electron chi connectivity index (χ2n) is 7.12. The van der Waals surface area contributed by atoms with Crippen LogP contribution >= 0.6 is 0 Å². The Kier molecular flexibility index (Phi) is 2.61. The molecular weight excluding hydrogens is 232 g/mol. The molecule has 4 fully saturated rings. The van der Waals surface area contributed by atoms with Gasteiger partial charge in [-0.05, 0) is 67.9 Å². The Morgan fingerprint density at radius 1 is 1.21 bits per heavy atom. The Morgan fingerprint density at radius 3 is 2.63 bits per heavy atom. The van der Waals surface area contributed by atoms with Gasteiger partial charge in [-0.15, -0.1) is 0 Å². The van der Waals surface area contributed by atoms with Crippen LogP contribution in [-0.4, -0.2) is 10.5 Å². The predicted octanol–water partition coefficient (Wildman–Crippen LogP) is 4.10. The van der Waals surface area contributed by atoms with E-state index in [1.165, 1.54) is 38.5 Å². The molecule has 2 nitrogen and oxygen atoms in total. The molecule has 4 bridgehead atoms.